The summed E-state index contributed by atoms with van der Waals surface area (Å²) < 4.78 is 0. The highest BCUT2D eigenvalue weighted by Gasteiger charge is 2.30. The summed E-state index contributed by atoms with van der Waals surface area (Å²) in [7, 11) is 0. The van der Waals surface area contributed by atoms with E-state index >= 15 is 0 Å². The van der Waals surface area contributed by atoms with E-state index in [0.717, 1.165) is 11.3 Å². The van der Waals surface area contributed by atoms with E-state index in [9.17, 15) is 9.59 Å². The van der Waals surface area contributed by atoms with Crippen molar-refractivity contribution in [2.45, 2.75) is 19.4 Å². The molecule has 2 amide bonds. The standard InChI is InChI=1S/C20H23N3O2S/c1-15-13-16-5-2-3-6-17(16)23(15)14-19(24)21-8-10-22(11-9-21)20(25)18-7-4-12-26-18/h2-7,12,15H,8-11,13-14H2,1H3/t15-/m0/s1. The quantitative estimate of drug-likeness (QED) is 0.835. The number of hydrogen-bond acceptors (Lipinski definition) is 4. The number of para-hydroxylation sites is 1. The highest BCUT2D eigenvalue weighted by atomic mass is 32.1. The first kappa shape index (κ1) is 17.1. The van der Waals surface area contributed by atoms with Gasteiger partial charge in [-0.1, -0.05) is 24.3 Å². The van der Waals surface area contributed by atoms with Crippen LogP contribution in [0.4, 0.5) is 5.69 Å². The Morgan fingerprint density at radius 1 is 1.04 bits per heavy atom. The van der Waals surface area contributed by atoms with Crippen molar-refractivity contribution in [1.82, 2.24) is 9.80 Å². The van der Waals surface area contributed by atoms with E-state index in [1.165, 1.54) is 22.6 Å². The van der Waals surface area contributed by atoms with Gasteiger partial charge in [0.1, 0.15) is 0 Å². The Labute approximate surface area is 157 Å². The lowest BCUT2D eigenvalue weighted by Crippen LogP contribution is -2.53. The lowest BCUT2D eigenvalue weighted by atomic mass is 10.1. The number of fused-ring (bicyclic) bond motifs is 1. The Balaban J connectivity index is 1.35. The molecule has 1 aromatic carbocycles. The molecule has 5 nitrogen and oxygen atoms in total. The molecule has 0 N–H and O–H groups in total. The summed E-state index contributed by atoms with van der Waals surface area (Å²) in [6.07, 6.45) is 0.993. The fourth-order valence-corrected chi connectivity index (χ4v) is 4.52. The number of rotatable bonds is 3. The predicted octanol–water partition coefficient (Wildman–Crippen LogP) is 2.48. The first-order valence-electron chi connectivity index (χ1n) is 9.08. The fraction of sp³-hybridized carbons (Fsp3) is 0.400. The molecule has 2 aliphatic rings. The summed E-state index contributed by atoms with van der Waals surface area (Å²) in [5.41, 5.74) is 2.50. The molecule has 0 spiro atoms. The van der Waals surface area contributed by atoms with E-state index in [1.54, 1.807) is 0 Å². The molecular formula is C20H23N3O2S. The maximum absolute atomic E-state index is 12.8. The Hall–Kier alpha value is -2.34. The summed E-state index contributed by atoms with van der Waals surface area (Å²) >= 11 is 1.47. The van der Waals surface area contributed by atoms with Crippen molar-refractivity contribution < 1.29 is 9.59 Å². The van der Waals surface area contributed by atoms with E-state index in [4.69, 9.17) is 0 Å². The molecular weight excluding hydrogens is 346 g/mol. The van der Waals surface area contributed by atoms with Crippen molar-refractivity contribution in [3.63, 3.8) is 0 Å². The summed E-state index contributed by atoms with van der Waals surface area (Å²) in [4.78, 5) is 31.9. The molecule has 6 heteroatoms. The van der Waals surface area contributed by atoms with Crippen molar-refractivity contribution in [3.05, 3.63) is 52.2 Å². The van der Waals surface area contributed by atoms with Gasteiger partial charge >= 0.3 is 0 Å². The Bertz CT molecular complexity index is 797. The van der Waals surface area contributed by atoms with Crippen LogP contribution in [0.15, 0.2) is 41.8 Å². The number of piperazine rings is 1. The molecule has 0 unspecified atom stereocenters. The Kier molecular flexibility index (Phi) is 4.68. The van der Waals surface area contributed by atoms with Crippen LogP contribution in [0.3, 0.4) is 0 Å². The number of carbonyl (C=O) groups is 2. The minimum Gasteiger partial charge on any atom is -0.359 e. The second kappa shape index (κ2) is 7.11. The van der Waals surface area contributed by atoms with E-state index < -0.39 is 0 Å². The van der Waals surface area contributed by atoms with Gasteiger partial charge in [0.05, 0.1) is 11.4 Å². The lowest BCUT2D eigenvalue weighted by molar-refractivity contribution is -0.131. The highest BCUT2D eigenvalue weighted by Crippen LogP contribution is 2.31. The number of carbonyl (C=O) groups excluding carboxylic acids is 2. The summed E-state index contributed by atoms with van der Waals surface area (Å²) in [5.74, 6) is 0.228. The van der Waals surface area contributed by atoms with E-state index in [0.29, 0.717) is 38.8 Å². The van der Waals surface area contributed by atoms with Gasteiger partial charge < -0.3 is 14.7 Å². The maximum atomic E-state index is 12.8. The highest BCUT2D eigenvalue weighted by molar-refractivity contribution is 7.12. The lowest BCUT2D eigenvalue weighted by Gasteiger charge is -2.36. The zero-order valence-corrected chi connectivity index (χ0v) is 15.7. The molecule has 1 fully saturated rings. The summed E-state index contributed by atoms with van der Waals surface area (Å²) in [5, 5.41) is 1.92. The van der Waals surface area contributed by atoms with Crippen LogP contribution < -0.4 is 4.90 Å². The van der Waals surface area contributed by atoms with Crippen LogP contribution in [-0.2, 0) is 11.2 Å². The zero-order valence-electron chi connectivity index (χ0n) is 14.9. The second-order valence-corrected chi connectivity index (χ2v) is 7.91. The van der Waals surface area contributed by atoms with Crippen molar-refractivity contribution in [3.8, 4) is 0 Å². The number of anilines is 1. The van der Waals surface area contributed by atoms with Gasteiger partial charge in [-0.2, -0.15) is 0 Å². The number of hydrogen-bond donors (Lipinski definition) is 0. The Morgan fingerprint density at radius 2 is 1.77 bits per heavy atom. The molecule has 0 aliphatic carbocycles. The summed E-state index contributed by atoms with van der Waals surface area (Å²) in [6.45, 7) is 5.02. The molecule has 2 aliphatic heterocycles. The van der Waals surface area contributed by atoms with Crippen LogP contribution in [-0.4, -0.2) is 60.4 Å². The number of benzene rings is 1. The third-order valence-corrected chi connectivity index (χ3v) is 6.16. The molecule has 3 heterocycles. The number of thiophene rings is 1. The van der Waals surface area contributed by atoms with Crippen LogP contribution in [0.1, 0.15) is 22.2 Å². The fourth-order valence-electron chi connectivity index (χ4n) is 3.83. The van der Waals surface area contributed by atoms with E-state index in [1.807, 2.05) is 33.4 Å². The van der Waals surface area contributed by atoms with Crippen molar-refractivity contribution >= 4 is 28.8 Å². The van der Waals surface area contributed by atoms with Gasteiger partial charge in [0.25, 0.3) is 5.91 Å². The van der Waals surface area contributed by atoms with Gasteiger partial charge in [0.15, 0.2) is 0 Å². The van der Waals surface area contributed by atoms with E-state index in [2.05, 4.69) is 30.0 Å². The average Bonchev–Trinajstić information content (AvgIpc) is 3.30. The maximum Gasteiger partial charge on any atom is 0.264 e. The van der Waals surface area contributed by atoms with Crippen LogP contribution >= 0.6 is 11.3 Å². The van der Waals surface area contributed by atoms with E-state index in [-0.39, 0.29) is 11.8 Å². The van der Waals surface area contributed by atoms with Crippen LogP contribution in [0.5, 0.6) is 0 Å². The van der Waals surface area contributed by atoms with Gasteiger partial charge in [-0.05, 0) is 36.4 Å². The zero-order chi connectivity index (χ0) is 18.1. The minimum absolute atomic E-state index is 0.0780. The summed E-state index contributed by atoms with van der Waals surface area (Å²) in [6, 6.07) is 12.4. The molecule has 1 aromatic heterocycles. The van der Waals surface area contributed by atoms with Crippen LogP contribution in [0.25, 0.3) is 0 Å². The smallest absolute Gasteiger partial charge is 0.264 e. The second-order valence-electron chi connectivity index (χ2n) is 6.96. The molecule has 0 saturated carbocycles. The van der Waals surface area contributed by atoms with Gasteiger partial charge in [-0.15, -0.1) is 11.3 Å². The average molecular weight is 369 g/mol. The monoisotopic (exact) mass is 369 g/mol. The normalized spacial score (nSPS) is 19.6. The van der Waals surface area contributed by atoms with Gasteiger partial charge in [0.2, 0.25) is 5.91 Å². The molecule has 0 radical (unpaired) electrons. The minimum atomic E-state index is 0.0780. The van der Waals surface area contributed by atoms with Crippen LogP contribution in [0, 0.1) is 0 Å². The molecule has 0 bridgehead atoms. The molecule has 26 heavy (non-hydrogen) atoms. The largest absolute Gasteiger partial charge is 0.359 e. The van der Waals surface area contributed by atoms with Gasteiger partial charge in [-0.25, -0.2) is 0 Å². The molecule has 1 saturated heterocycles. The third-order valence-electron chi connectivity index (χ3n) is 5.31. The molecule has 4 rings (SSSR count). The predicted molar refractivity (Wildman–Crippen MR) is 104 cm³/mol. The first-order valence-corrected chi connectivity index (χ1v) is 9.96. The van der Waals surface area contributed by atoms with Crippen LogP contribution in [0.2, 0.25) is 0 Å². The number of amides is 2. The van der Waals surface area contributed by atoms with Crippen molar-refractivity contribution in [1.29, 1.82) is 0 Å². The molecule has 136 valence electrons. The van der Waals surface area contributed by atoms with Gasteiger partial charge in [-0.3, -0.25) is 9.59 Å². The third kappa shape index (κ3) is 3.21. The van der Waals surface area contributed by atoms with Gasteiger partial charge in [0, 0.05) is 37.9 Å². The van der Waals surface area contributed by atoms with Crippen molar-refractivity contribution in [2.24, 2.45) is 0 Å². The van der Waals surface area contributed by atoms with Crippen molar-refractivity contribution in [2.75, 3.05) is 37.6 Å². The molecule has 1 atom stereocenters. The first-order chi connectivity index (χ1) is 12.6. The topological polar surface area (TPSA) is 43.9 Å². The number of nitrogens with zero attached hydrogens (tertiary/aromatic N) is 3. The molecule has 2 aromatic rings. The Morgan fingerprint density at radius 3 is 2.50 bits per heavy atom. The SMILES string of the molecule is C[C@H]1Cc2ccccc2N1CC(=O)N1CCN(C(=O)c2cccs2)CC1.